The van der Waals surface area contributed by atoms with Crippen LogP contribution in [-0.4, -0.2) is 27.0 Å². The van der Waals surface area contributed by atoms with E-state index in [-0.39, 0.29) is 0 Å². The van der Waals surface area contributed by atoms with Gasteiger partial charge in [0.25, 0.3) is 0 Å². The molecule has 2 aromatic rings. The zero-order valence-electron chi connectivity index (χ0n) is 11.5. The maximum Gasteiger partial charge on any atom is 0.180 e. The predicted octanol–water partition coefficient (Wildman–Crippen LogP) is 2.18. The fourth-order valence-corrected chi connectivity index (χ4v) is 2.06. The van der Waals surface area contributed by atoms with E-state index in [0.717, 1.165) is 18.0 Å². The van der Waals surface area contributed by atoms with E-state index in [9.17, 15) is 0 Å². The van der Waals surface area contributed by atoms with E-state index in [4.69, 9.17) is 5.73 Å². The summed E-state index contributed by atoms with van der Waals surface area (Å²) in [6.45, 7) is 9.66. The van der Waals surface area contributed by atoms with Gasteiger partial charge in [-0.05, 0) is 19.8 Å². The molecule has 2 aromatic heterocycles. The molecular weight excluding hydrogens is 226 g/mol. The maximum atomic E-state index is 5.87. The van der Waals surface area contributed by atoms with E-state index in [1.807, 2.05) is 10.6 Å². The summed E-state index contributed by atoms with van der Waals surface area (Å²) >= 11 is 0. The zero-order chi connectivity index (χ0) is 13.3. The van der Waals surface area contributed by atoms with Crippen molar-refractivity contribution in [3.8, 4) is 0 Å². The van der Waals surface area contributed by atoms with Crippen molar-refractivity contribution in [3.05, 3.63) is 18.6 Å². The third-order valence-corrected chi connectivity index (χ3v) is 2.83. The number of aromatic nitrogens is 3. The molecule has 2 N–H and O–H groups in total. The van der Waals surface area contributed by atoms with Gasteiger partial charge in [-0.25, -0.2) is 9.97 Å². The van der Waals surface area contributed by atoms with Crippen LogP contribution in [0.2, 0.25) is 0 Å². The molecule has 0 aliphatic carbocycles. The molecule has 5 nitrogen and oxygen atoms in total. The summed E-state index contributed by atoms with van der Waals surface area (Å²) in [5.74, 6) is 1.94. The van der Waals surface area contributed by atoms with Gasteiger partial charge in [-0.2, -0.15) is 0 Å². The molecule has 18 heavy (non-hydrogen) atoms. The fourth-order valence-electron chi connectivity index (χ4n) is 2.06. The lowest BCUT2D eigenvalue weighted by atomic mass is 10.2. The molecule has 5 heteroatoms. The topological polar surface area (TPSA) is 59.5 Å². The summed E-state index contributed by atoms with van der Waals surface area (Å²) in [7, 11) is 0. The molecule has 2 rings (SSSR count). The van der Waals surface area contributed by atoms with Crippen molar-refractivity contribution in [2.45, 2.75) is 33.7 Å². The molecule has 98 valence electrons. The minimum atomic E-state index is 0.363. The van der Waals surface area contributed by atoms with E-state index in [2.05, 4.69) is 42.6 Å². The van der Waals surface area contributed by atoms with Gasteiger partial charge in [0.15, 0.2) is 11.5 Å². The van der Waals surface area contributed by atoms with Gasteiger partial charge in [-0.3, -0.25) is 0 Å². The number of fused-ring (bicyclic) bond motifs is 1. The molecule has 0 radical (unpaired) electrons. The molecule has 2 heterocycles. The van der Waals surface area contributed by atoms with Crippen LogP contribution in [0.1, 0.15) is 27.7 Å². The van der Waals surface area contributed by atoms with Crippen LogP contribution in [0.15, 0.2) is 18.6 Å². The largest absolute Gasteiger partial charge is 0.382 e. The fraction of sp³-hybridized carbons (Fsp3) is 0.538. The Morgan fingerprint density at radius 3 is 2.67 bits per heavy atom. The van der Waals surface area contributed by atoms with Crippen molar-refractivity contribution < 1.29 is 0 Å². The Kier molecular flexibility index (Phi) is 3.41. The van der Waals surface area contributed by atoms with E-state index < -0.39 is 0 Å². The van der Waals surface area contributed by atoms with E-state index in [0.29, 0.717) is 17.8 Å². The highest BCUT2D eigenvalue weighted by molar-refractivity contribution is 5.66. The van der Waals surface area contributed by atoms with Crippen LogP contribution < -0.4 is 10.6 Å². The lowest BCUT2D eigenvalue weighted by molar-refractivity contribution is 0.567. The number of hydrogen-bond donors (Lipinski definition) is 1. The summed E-state index contributed by atoms with van der Waals surface area (Å²) in [5.41, 5.74) is 6.73. The van der Waals surface area contributed by atoms with Crippen LogP contribution in [0.25, 0.3) is 5.65 Å². The minimum Gasteiger partial charge on any atom is -0.382 e. The van der Waals surface area contributed by atoms with Gasteiger partial charge in [-0.15, -0.1) is 0 Å². The summed E-state index contributed by atoms with van der Waals surface area (Å²) in [6.07, 6.45) is 5.46. The summed E-state index contributed by atoms with van der Waals surface area (Å²) in [4.78, 5) is 11.1. The molecule has 0 aromatic carbocycles. The first kappa shape index (κ1) is 12.7. The molecule has 0 saturated heterocycles. The first-order chi connectivity index (χ1) is 8.49. The van der Waals surface area contributed by atoms with Crippen molar-refractivity contribution in [3.63, 3.8) is 0 Å². The average molecular weight is 247 g/mol. The summed E-state index contributed by atoms with van der Waals surface area (Å²) < 4.78 is 1.92. The quantitative estimate of drug-likeness (QED) is 0.899. The highest BCUT2D eigenvalue weighted by Crippen LogP contribution is 2.22. The van der Waals surface area contributed by atoms with Gasteiger partial charge >= 0.3 is 0 Å². The molecule has 0 saturated carbocycles. The van der Waals surface area contributed by atoms with Gasteiger partial charge in [0, 0.05) is 25.0 Å². The first-order valence-corrected chi connectivity index (χ1v) is 6.35. The number of hydrogen-bond acceptors (Lipinski definition) is 4. The van der Waals surface area contributed by atoms with Crippen molar-refractivity contribution >= 4 is 17.3 Å². The predicted molar refractivity (Wildman–Crippen MR) is 74.7 cm³/mol. The van der Waals surface area contributed by atoms with Crippen LogP contribution >= 0.6 is 0 Å². The monoisotopic (exact) mass is 247 g/mol. The lowest BCUT2D eigenvalue weighted by Crippen LogP contribution is -2.35. The maximum absolute atomic E-state index is 5.87. The van der Waals surface area contributed by atoms with Gasteiger partial charge in [-0.1, -0.05) is 13.8 Å². The Bertz CT molecular complexity index is 529. The van der Waals surface area contributed by atoms with Crippen molar-refractivity contribution in [1.82, 2.24) is 14.4 Å². The second kappa shape index (κ2) is 4.84. The molecule has 0 aliphatic rings. The van der Waals surface area contributed by atoms with Crippen molar-refractivity contribution in [2.75, 3.05) is 17.2 Å². The van der Waals surface area contributed by atoms with Crippen LogP contribution in [0.5, 0.6) is 0 Å². The van der Waals surface area contributed by atoms with E-state index in [1.54, 1.807) is 12.4 Å². The number of nitrogens with two attached hydrogens (primary N) is 1. The third-order valence-electron chi connectivity index (χ3n) is 2.83. The Labute approximate surface area is 108 Å². The number of anilines is 2. The normalized spacial score (nSPS) is 11.7. The van der Waals surface area contributed by atoms with Crippen LogP contribution in [-0.2, 0) is 0 Å². The van der Waals surface area contributed by atoms with Gasteiger partial charge in [0.2, 0.25) is 0 Å². The molecule has 0 atom stereocenters. The average Bonchev–Trinajstić information content (AvgIpc) is 2.71. The highest BCUT2D eigenvalue weighted by atomic mass is 15.2. The van der Waals surface area contributed by atoms with Crippen LogP contribution in [0.4, 0.5) is 11.6 Å². The number of nitrogens with zero attached hydrogens (tertiary/aromatic N) is 4. The Morgan fingerprint density at radius 2 is 2.06 bits per heavy atom. The van der Waals surface area contributed by atoms with Crippen molar-refractivity contribution in [2.24, 2.45) is 5.92 Å². The summed E-state index contributed by atoms with van der Waals surface area (Å²) in [6, 6.07) is 0.363. The van der Waals surface area contributed by atoms with Crippen molar-refractivity contribution in [1.29, 1.82) is 0 Å². The molecular formula is C13H21N5. The number of imidazole rings is 1. The standard InChI is InChI=1S/C13H21N5/c1-9(2)7-18(10(3)4)13-12-15-5-6-17(12)8-11(14)16-13/h5-6,8-10H,7,14H2,1-4H3. The molecule has 0 aliphatic heterocycles. The zero-order valence-corrected chi connectivity index (χ0v) is 11.5. The van der Waals surface area contributed by atoms with Crippen LogP contribution in [0, 0.1) is 5.92 Å². The summed E-state index contributed by atoms with van der Waals surface area (Å²) in [5, 5.41) is 0. The highest BCUT2D eigenvalue weighted by Gasteiger charge is 2.18. The first-order valence-electron chi connectivity index (χ1n) is 6.35. The second-order valence-corrected chi connectivity index (χ2v) is 5.29. The SMILES string of the molecule is CC(C)CN(c1nc(N)cn2ccnc12)C(C)C. The number of rotatable bonds is 4. The van der Waals surface area contributed by atoms with Gasteiger partial charge in [0.05, 0.1) is 6.20 Å². The molecule has 0 bridgehead atoms. The molecule has 0 amide bonds. The van der Waals surface area contributed by atoms with Crippen LogP contribution in [0.3, 0.4) is 0 Å². The Hall–Kier alpha value is -1.78. The van der Waals surface area contributed by atoms with Gasteiger partial charge in [0.1, 0.15) is 5.82 Å². The molecule has 0 spiro atoms. The lowest BCUT2D eigenvalue weighted by Gasteiger charge is -2.29. The van der Waals surface area contributed by atoms with E-state index >= 15 is 0 Å². The smallest absolute Gasteiger partial charge is 0.180 e. The second-order valence-electron chi connectivity index (χ2n) is 5.29. The molecule has 0 unspecified atom stereocenters. The van der Waals surface area contributed by atoms with E-state index in [1.165, 1.54) is 0 Å². The molecule has 0 fully saturated rings. The number of nitrogen functional groups attached to an aromatic ring is 1. The van der Waals surface area contributed by atoms with Gasteiger partial charge < -0.3 is 15.0 Å². The Balaban J connectivity index is 2.52. The Morgan fingerprint density at radius 1 is 1.33 bits per heavy atom. The third kappa shape index (κ3) is 2.39. The minimum absolute atomic E-state index is 0.363.